The third kappa shape index (κ3) is 5.07. The lowest BCUT2D eigenvalue weighted by Crippen LogP contribution is -2.34. The fraction of sp³-hybridized carbons (Fsp3) is 0.333. The number of para-hydroxylation sites is 1. The largest absolute Gasteiger partial charge is 0.490 e. The van der Waals surface area contributed by atoms with Gasteiger partial charge in [-0.3, -0.25) is 0 Å². The van der Waals surface area contributed by atoms with E-state index >= 15 is 0 Å². The molecule has 0 radical (unpaired) electrons. The van der Waals surface area contributed by atoms with Crippen molar-refractivity contribution in [2.24, 2.45) is 0 Å². The van der Waals surface area contributed by atoms with Gasteiger partial charge in [0.05, 0.1) is 10.0 Å². The first-order valence-corrected chi connectivity index (χ1v) is 7.72. The van der Waals surface area contributed by atoms with Crippen LogP contribution in [0.15, 0.2) is 41.1 Å². The number of aromatic nitrogens is 2. The number of ether oxygens (including phenoxy) is 1. The summed E-state index contributed by atoms with van der Waals surface area (Å²) in [5, 5.41) is 9.98. The molecule has 0 aliphatic rings. The van der Waals surface area contributed by atoms with Gasteiger partial charge in [0, 0.05) is 26.0 Å². The number of halogens is 4. The van der Waals surface area contributed by atoms with E-state index in [1.54, 1.807) is 24.3 Å². The molecule has 0 unspecified atom stereocenters. The normalized spacial score (nSPS) is 12.8. The molecular formula is C15H15BrF3N3O2. The second-order valence-corrected chi connectivity index (χ2v) is 5.96. The summed E-state index contributed by atoms with van der Waals surface area (Å²) < 4.78 is 44.4. The number of nitrogens with zero attached hydrogens (tertiary/aromatic N) is 3. The van der Waals surface area contributed by atoms with Gasteiger partial charge in [-0.2, -0.15) is 13.2 Å². The van der Waals surface area contributed by atoms with Crippen molar-refractivity contribution in [2.45, 2.75) is 12.3 Å². The number of alkyl halides is 3. The van der Waals surface area contributed by atoms with Gasteiger partial charge in [0.2, 0.25) is 5.95 Å². The second kappa shape index (κ2) is 7.80. The molecule has 0 aliphatic carbocycles. The van der Waals surface area contributed by atoms with Crippen LogP contribution >= 0.6 is 15.9 Å². The molecule has 2 rings (SSSR count). The summed E-state index contributed by atoms with van der Waals surface area (Å²) in [6.07, 6.45) is -2.41. The molecule has 0 spiro atoms. The Hall–Kier alpha value is -1.87. The monoisotopic (exact) mass is 405 g/mol. The van der Waals surface area contributed by atoms with E-state index in [4.69, 9.17) is 4.74 Å². The van der Waals surface area contributed by atoms with Crippen molar-refractivity contribution < 1.29 is 23.0 Å². The van der Waals surface area contributed by atoms with E-state index in [0.29, 0.717) is 10.4 Å². The lowest BCUT2D eigenvalue weighted by Gasteiger charge is -2.21. The zero-order valence-electron chi connectivity index (χ0n) is 12.7. The summed E-state index contributed by atoms with van der Waals surface area (Å²) in [5.74, 6) is 0.0690. The summed E-state index contributed by atoms with van der Waals surface area (Å²) in [6.45, 7) is -0.177. The van der Waals surface area contributed by atoms with Crippen LogP contribution in [0.4, 0.5) is 19.1 Å². The van der Waals surface area contributed by atoms with Crippen LogP contribution in [0.3, 0.4) is 0 Å². The summed E-state index contributed by atoms with van der Waals surface area (Å²) in [6, 6.07) is 4.88. The van der Waals surface area contributed by atoms with Crippen molar-refractivity contribution in [3.63, 3.8) is 0 Å². The Balaban J connectivity index is 1.94. The zero-order chi connectivity index (χ0) is 17.7. The molecule has 130 valence electrons. The average molecular weight is 406 g/mol. The van der Waals surface area contributed by atoms with Gasteiger partial charge in [0.1, 0.15) is 18.5 Å². The smallest absolute Gasteiger partial charge is 0.419 e. The maximum absolute atomic E-state index is 12.9. The van der Waals surface area contributed by atoms with E-state index in [-0.39, 0.29) is 18.9 Å². The molecule has 0 fully saturated rings. The molecule has 0 saturated heterocycles. The molecule has 0 aliphatic heterocycles. The summed E-state index contributed by atoms with van der Waals surface area (Å²) in [7, 11) is 1.66. The van der Waals surface area contributed by atoms with E-state index in [0.717, 1.165) is 6.07 Å². The lowest BCUT2D eigenvalue weighted by molar-refractivity contribution is -0.139. The van der Waals surface area contributed by atoms with Crippen LogP contribution in [0.5, 0.6) is 5.75 Å². The van der Waals surface area contributed by atoms with Crippen LogP contribution in [0.1, 0.15) is 5.56 Å². The van der Waals surface area contributed by atoms with Gasteiger partial charge >= 0.3 is 6.18 Å². The molecule has 5 nitrogen and oxygen atoms in total. The minimum Gasteiger partial charge on any atom is -0.490 e. The Labute approximate surface area is 145 Å². The van der Waals surface area contributed by atoms with Crippen molar-refractivity contribution in [1.82, 2.24) is 9.97 Å². The number of likely N-dealkylation sites (N-methyl/N-ethyl adjacent to an activating group) is 1. The molecule has 0 amide bonds. The Morgan fingerprint density at radius 1 is 1.25 bits per heavy atom. The third-order valence-electron chi connectivity index (χ3n) is 3.06. The van der Waals surface area contributed by atoms with E-state index in [1.807, 2.05) is 0 Å². The standard InChI is InChI=1S/C15H15BrF3N3O2/c1-22(14-20-6-10(16)7-21-14)8-11(23)9-24-13-5-3-2-4-12(13)15(17,18)19/h2-7,11,23H,8-9H2,1H3/t11-/m1/s1. The fourth-order valence-corrected chi connectivity index (χ4v) is 2.17. The number of hydrogen-bond acceptors (Lipinski definition) is 5. The molecule has 0 bridgehead atoms. The first kappa shape index (κ1) is 18.5. The maximum atomic E-state index is 12.9. The van der Waals surface area contributed by atoms with Gasteiger partial charge in [-0.15, -0.1) is 0 Å². The summed E-state index contributed by atoms with van der Waals surface area (Å²) >= 11 is 3.21. The van der Waals surface area contributed by atoms with Crippen LogP contribution in [0.2, 0.25) is 0 Å². The van der Waals surface area contributed by atoms with Crippen LogP contribution in [-0.4, -0.2) is 41.4 Å². The average Bonchev–Trinajstić information content (AvgIpc) is 2.53. The Morgan fingerprint density at radius 3 is 2.50 bits per heavy atom. The fourth-order valence-electron chi connectivity index (χ4n) is 1.97. The zero-order valence-corrected chi connectivity index (χ0v) is 14.3. The van der Waals surface area contributed by atoms with Gasteiger partial charge in [-0.05, 0) is 28.1 Å². The van der Waals surface area contributed by atoms with Crippen LogP contribution in [-0.2, 0) is 6.18 Å². The van der Waals surface area contributed by atoms with Gasteiger partial charge in [0.15, 0.2) is 0 Å². The van der Waals surface area contributed by atoms with E-state index in [1.165, 1.54) is 18.2 Å². The van der Waals surface area contributed by atoms with E-state index in [2.05, 4.69) is 25.9 Å². The molecule has 1 aromatic heterocycles. The molecule has 1 atom stereocenters. The Kier molecular flexibility index (Phi) is 6.00. The SMILES string of the molecule is CN(C[C@@H](O)COc1ccccc1C(F)(F)F)c1ncc(Br)cn1. The highest BCUT2D eigenvalue weighted by Gasteiger charge is 2.34. The maximum Gasteiger partial charge on any atom is 0.419 e. The minimum absolute atomic E-state index is 0.107. The molecule has 1 aromatic carbocycles. The van der Waals surface area contributed by atoms with E-state index in [9.17, 15) is 18.3 Å². The minimum atomic E-state index is -4.51. The second-order valence-electron chi connectivity index (χ2n) is 5.04. The number of rotatable bonds is 6. The first-order chi connectivity index (χ1) is 11.3. The first-order valence-electron chi connectivity index (χ1n) is 6.93. The molecular weight excluding hydrogens is 391 g/mol. The lowest BCUT2D eigenvalue weighted by atomic mass is 10.2. The molecule has 9 heteroatoms. The van der Waals surface area contributed by atoms with Crippen molar-refractivity contribution >= 4 is 21.9 Å². The summed E-state index contributed by atoms with van der Waals surface area (Å²) in [5.41, 5.74) is -0.873. The van der Waals surface area contributed by atoms with Crippen molar-refractivity contribution in [2.75, 3.05) is 25.1 Å². The summed E-state index contributed by atoms with van der Waals surface area (Å²) in [4.78, 5) is 9.71. The topological polar surface area (TPSA) is 58.5 Å². The highest BCUT2D eigenvalue weighted by Crippen LogP contribution is 2.35. The number of aliphatic hydroxyl groups excluding tert-OH is 1. The van der Waals surface area contributed by atoms with Gasteiger partial charge in [-0.1, -0.05) is 12.1 Å². The Morgan fingerprint density at radius 2 is 1.88 bits per heavy atom. The van der Waals surface area contributed by atoms with Crippen molar-refractivity contribution in [3.8, 4) is 5.75 Å². The number of anilines is 1. The third-order valence-corrected chi connectivity index (χ3v) is 3.47. The molecule has 2 aromatic rings. The van der Waals surface area contributed by atoms with Gasteiger partial charge < -0.3 is 14.7 Å². The molecule has 1 N–H and O–H groups in total. The van der Waals surface area contributed by atoms with Crippen LogP contribution < -0.4 is 9.64 Å². The predicted octanol–water partition coefficient (Wildman–Crippen LogP) is 3.13. The number of benzene rings is 1. The predicted molar refractivity (Wildman–Crippen MR) is 85.9 cm³/mol. The molecule has 24 heavy (non-hydrogen) atoms. The van der Waals surface area contributed by atoms with E-state index < -0.39 is 17.8 Å². The Bertz CT molecular complexity index is 668. The quantitative estimate of drug-likeness (QED) is 0.799. The van der Waals surface area contributed by atoms with Crippen LogP contribution in [0.25, 0.3) is 0 Å². The number of hydrogen-bond donors (Lipinski definition) is 1. The molecule has 0 saturated carbocycles. The number of aliphatic hydroxyl groups is 1. The van der Waals surface area contributed by atoms with Crippen molar-refractivity contribution in [1.29, 1.82) is 0 Å². The van der Waals surface area contributed by atoms with Gasteiger partial charge in [0.25, 0.3) is 0 Å². The van der Waals surface area contributed by atoms with Crippen molar-refractivity contribution in [3.05, 3.63) is 46.7 Å². The highest BCUT2D eigenvalue weighted by molar-refractivity contribution is 9.10. The highest BCUT2D eigenvalue weighted by atomic mass is 79.9. The van der Waals surface area contributed by atoms with Gasteiger partial charge in [-0.25, -0.2) is 9.97 Å². The molecule has 1 heterocycles. The van der Waals surface area contributed by atoms with Crippen LogP contribution in [0, 0.1) is 0 Å².